The molecule has 2 amide bonds. The van der Waals surface area contributed by atoms with Crippen LogP contribution in [0.15, 0.2) is 60.7 Å². The van der Waals surface area contributed by atoms with Crippen LogP contribution in [0.5, 0.6) is 0 Å². The molecule has 0 spiro atoms. The van der Waals surface area contributed by atoms with E-state index in [4.69, 9.17) is 0 Å². The predicted octanol–water partition coefficient (Wildman–Crippen LogP) is 0.980. The standard InChI is InChI=1S/C20H25N3O2/c1-3-21-20(25)15(2)23-18(24)14-22-19(16-10-6-4-7-11-16)17-12-8-5-9-13-17/h4-13,15,19,22H,3,14H2,1-2H3,(H,21,25)(H,23,24)/p+1/t15-/m1/s1. The Kier molecular flexibility index (Phi) is 7.16. The van der Waals surface area contributed by atoms with Crippen molar-refractivity contribution < 1.29 is 14.9 Å². The minimum atomic E-state index is -0.534. The largest absolute Gasteiger partial charge is 0.355 e. The Morgan fingerprint density at radius 3 is 1.96 bits per heavy atom. The van der Waals surface area contributed by atoms with E-state index in [2.05, 4.69) is 34.9 Å². The van der Waals surface area contributed by atoms with Crippen LogP contribution in [-0.4, -0.2) is 30.9 Å². The molecular weight excluding hydrogens is 314 g/mol. The first kappa shape index (κ1) is 18.7. The lowest BCUT2D eigenvalue weighted by Gasteiger charge is -2.17. The van der Waals surface area contributed by atoms with Gasteiger partial charge >= 0.3 is 0 Å². The van der Waals surface area contributed by atoms with Crippen LogP contribution in [0.2, 0.25) is 0 Å². The number of quaternary nitrogens is 1. The second kappa shape index (κ2) is 9.59. The summed E-state index contributed by atoms with van der Waals surface area (Å²) in [5, 5.41) is 7.43. The highest BCUT2D eigenvalue weighted by Gasteiger charge is 2.20. The van der Waals surface area contributed by atoms with Gasteiger partial charge in [-0.05, 0) is 13.8 Å². The van der Waals surface area contributed by atoms with Gasteiger partial charge in [-0.2, -0.15) is 0 Å². The summed E-state index contributed by atoms with van der Waals surface area (Å²) in [5.41, 5.74) is 2.27. The third-order valence-electron chi connectivity index (χ3n) is 3.98. The number of hydrogen-bond acceptors (Lipinski definition) is 2. The molecule has 0 bridgehead atoms. The lowest BCUT2D eigenvalue weighted by molar-refractivity contribution is -0.676. The van der Waals surface area contributed by atoms with Crippen LogP contribution in [0.25, 0.3) is 0 Å². The van der Waals surface area contributed by atoms with Gasteiger partial charge in [0.25, 0.3) is 5.91 Å². The molecule has 5 heteroatoms. The summed E-state index contributed by atoms with van der Waals surface area (Å²) in [4.78, 5) is 23.9. The van der Waals surface area contributed by atoms with Gasteiger partial charge in [0, 0.05) is 17.7 Å². The van der Waals surface area contributed by atoms with E-state index in [1.165, 1.54) is 0 Å². The van der Waals surface area contributed by atoms with Crippen LogP contribution in [0, 0.1) is 0 Å². The molecular formula is C20H26N3O2+. The second-order valence-corrected chi connectivity index (χ2v) is 5.92. The second-order valence-electron chi connectivity index (χ2n) is 5.92. The minimum absolute atomic E-state index is 0.0351. The highest BCUT2D eigenvalue weighted by molar-refractivity contribution is 5.87. The lowest BCUT2D eigenvalue weighted by Crippen LogP contribution is -2.88. The average Bonchev–Trinajstić information content (AvgIpc) is 2.64. The molecule has 0 saturated heterocycles. The van der Waals surface area contributed by atoms with Gasteiger partial charge in [0.2, 0.25) is 5.91 Å². The fourth-order valence-corrected chi connectivity index (χ4v) is 2.70. The summed E-state index contributed by atoms with van der Waals surface area (Å²) in [6.07, 6.45) is 0. The fraction of sp³-hybridized carbons (Fsp3) is 0.300. The molecule has 0 radical (unpaired) electrons. The molecule has 2 aromatic rings. The first-order valence-corrected chi connectivity index (χ1v) is 8.62. The van der Waals surface area contributed by atoms with Crippen LogP contribution in [0.3, 0.4) is 0 Å². The average molecular weight is 340 g/mol. The molecule has 0 aliphatic carbocycles. The molecule has 25 heavy (non-hydrogen) atoms. The maximum absolute atomic E-state index is 12.2. The van der Waals surface area contributed by atoms with Crippen LogP contribution >= 0.6 is 0 Å². The van der Waals surface area contributed by atoms with Gasteiger partial charge in [0.05, 0.1) is 0 Å². The van der Waals surface area contributed by atoms with E-state index in [0.717, 1.165) is 11.1 Å². The molecule has 5 nitrogen and oxygen atoms in total. The number of carbonyl (C=O) groups excluding carboxylic acids is 2. The van der Waals surface area contributed by atoms with Gasteiger partial charge in [-0.25, -0.2) is 0 Å². The number of benzene rings is 2. The topological polar surface area (TPSA) is 74.8 Å². The molecule has 0 fully saturated rings. The fourth-order valence-electron chi connectivity index (χ4n) is 2.70. The Morgan fingerprint density at radius 2 is 1.48 bits per heavy atom. The van der Waals surface area contributed by atoms with Gasteiger partial charge in [0.1, 0.15) is 12.1 Å². The Labute approximate surface area is 148 Å². The summed E-state index contributed by atoms with van der Waals surface area (Å²) in [7, 11) is 0. The van der Waals surface area contributed by atoms with Crippen molar-refractivity contribution in [3.8, 4) is 0 Å². The summed E-state index contributed by atoms with van der Waals surface area (Å²) in [5.74, 6) is -0.325. The summed E-state index contributed by atoms with van der Waals surface area (Å²) in [6.45, 7) is 4.34. The summed E-state index contributed by atoms with van der Waals surface area (Å²) < 4.78 is 0. The number of likely N-dealkylation sites (N-methyl/N-ethyl adjacent to an activating group) is 1. The SMILES string of the molecule is CCNC(=O)[C@@H](C)NC(=O)C[NH2+]C(c1ccccc1)c1ccccc1. The van der Waals surface area contributed by atoms with Gasteiger partial charge in [-0.3, -0.25) is 9.59 Å². The van der Waals surface area contributed by atoms with Crippen LogP contribution < -0.4 is 16.0 Å². The molecule has 0 aliphatic heterocycles. The van der Waals surface area contributed by atoms with E-state index in [9.17, 15) is 9.59 Å². The zero-order chi connectivity index (χ0) is 18.1. The zero-order valence-electron chi connectivity index (χ0n) is 14.7. The molecule has 0 saturated carbocycles. The van der Waals surface area contributed by atoms with Crippen molar-refractivity contribution in [3.05, 3.63) is 71.8 Å². The normalized spacial score (nSPS) is 11.8. The number of nitrogens with one attached hydrogen (secondary N) is 2. The first-order chi connectivity index (χ1) is 12.1. The molecule has 2 aromatic carbocycles. The third kappa shape index (κ3) is 5.72. The van der Waals surface area contributed by atoms with Crippen molar-refractivity contribution in [2.24, 2.45) is 0 Å². The van der Waals surface area contributed by atoms with Crippen molar-refractivity contribution in [2.75, 3.05) is 13.1 Å². The summed E-state index contributed by atoms with van der Waals surface area (Å²) in [6, 6.07) is 19.7. The zero-order valence-corrected chi connectivity index (χ0v) is 14.7. The first-order valence-electron chi connectivity index (χ1n) is 8.62. The Balaban J connectivity index is 2.01. The molecule has 0 heterocycles. The number of amides is 2. The van der Waals surface area contributed by atoms with E-state index < -0.39 is 6.04 Å². The predicted molar refractivity (Wildman–Crippen MR) is 97.8 cm³/mol. The van der Waals surface area contributed by atoms with E-state index >= 15 is 0 Å². The maximum Gasteiger partial charge on any atom is 0.275 e. The lowest BCUT2D eigenvalue weighted by atomic mass is 9.99. The smallest absolute Gasteiger partial charge is 0.275 e. The van der Waals surface area contributed by atoms with Crippen molar-refractivity contribution >= 4 is 11.8 Å². The van der Waals surface area contributed by atoms with Crippen molar-refractivity contribution in [1.29, 1.82) is 0 Å². The van der Waals surface area contributed by atoms with Gasteiger partial charge < -0.3 is 16.0 Å². The third-order valence-corrected chi connectivity index (χ3v) is 3.98. The van der Waals surface area contributed by atoms with Gasteiger partial charge in [-0.1, -0.05) is 60.7 Å². The van der Waals surface area contributed by atoms with Gasteiger partial charge in [0.15, 0.2) is 6.54 Å². The van der Waals surface area contributed by atoms with Crippen molar-refractivity contribution in [1.82, 2.24) is 10.6 Å². The Morgan fingerprint density at radius 1 is 0.960 bits per heavy atom. The van der Waals surface area contributed by atoms with Crippen molar-refractivity contribution in [2.45, 2.75) is 25.9 Å². The van der Waals surface area contributed by atoms with E-state index in [1.807, 2.05) is 48.6 Å². The highest BCUT2D eigenvalue weighted by atomic mass is 16.2. The van der Waals surface area contributed by atoms with Crippen molar-refractivity contribution in [3.63, 3.8) is 0 Å². The minimum Gasteiger partial charge on any atom is -0.355 e. The summed E-state index contributed by atoms with van der Waals surface area (Å²) >= 11 is 0. The number of hydrogen-bond donors (Lipinski definition) is 3. The van der Waals surface area contributed by atoms with Gasteiger partial charge in [-0.15, -0.1) is 0 Å². The Bertz CT molecular complexity index is 634. The number of rotatable bonds is 8. The van der Waals surface area contributed by atoms with Crippen LogP contribution in [-0.2, 0) is 9.59 Å². The quantitative estimate of drug-likeness (QED) is 0.670. The molecule has 0 unspecified atom stereocenters. The maximum atomic E-state index is 12.2. The molecule has 0 aromatic heterocycles. The molecule has 2 rings (SSSR count). The van der Waals surface area contributed by atoms with E-state index in [-0.39, 0.29) is 24.4 Å². The Hall–Kier alpha value is -2.66. The number of carbonyl (C=O) groups is 2. The molecule has 0 aliphatic rings. The number of nitrogens with two attached hydrogens (primary N) is 1. The molecule has 1 atom stereocenters. The monoisotopic (exact) mass is 340 g/mol. The molecule has 132 valence electrons. The van der Waals surface area contributed by atoms with E-state index in [0.29, 0.717) is 6.54 Å². The highest BCUT2D eigenvalue weighted by Crippen LogP contribution is 2.17. The van der Waals surface area contributed by atoms with Crippen LogP contribution in [0.4, 0.5) is 0 Å². The van der Waals surface area contributed by atoms with E-state index in [1.54, 1.807) is 6.92 Å². The van der Waals surface area contributed by atoms with Crippen LogP contribution in [0.1, 0.15) is 31.0 Å². The molecule has 4 N–H and O–H groups in total.